The SMILES string of the molecule is CC(=O)OC(=O)C(C)O.CCO. The number of hydrogen-bond acceptors (Lipinski definition) is 5. The van der Waals surface area contributed by atoms with Crippen LogP contribution >= 0.6 is 0 Å². The van der Waals surface area contributed by atoms with Crippen molar-refractivity contribution < 1.29 is 24.5 Å². The molecular formula is C7H14O5. The molecule has 72 valence electrons. The van der Waals surface area contributed by atoms with E-state index < -0.39 is 18.0 Å². The van der Waals surface area contributed by atoms with E-state index in [1.165, 1.54) is 6.92 Å². The van der Waals surface area contributed by atoms with Gasteiger partial charge in [-0.1, -0.05) is 0 Å². The first-order valence-corrected chi connectivity index (χ1v) is 3.46. The van der Waals surface area contributed by atoms with E-state index in [0.29, 0.717) is 0 Å². The molecule has 0 aromatic heterocycles. The summed E-state index contributed by atoms with van der Waals surface area (Å²) in [4.78, 5) is 20.3. The Kier molecular flexibility index (Phi) is 9.27. The van der Waals surface area contributed by atoms with Gasteiger partial charge in [0.05, 0.1) is 0 Å². The van der Waals surface area contributed by atoms with Crippen LogP contribution < -0.4 is 0 Å². The van der Waals surface area contributed by atoms with Crippen molar-refractivity contribution in [1.29, 1.82) is 0 Å². The molecule has 0 spiro atoms. The van der Waals surface area contributed by atoms with Crippen LogP contribution in [0.5, 0.6) is 0 Å². The molecule has 2 N–H and O–H groups in total. The summed E-state index contributed by atoms with van der Waals surface area (Å²) in [6.45, 7) is 4.26. The maximum Gasteiger partial charge on any atom is 0.342 e. The fourth-order valence-corrected chi connectivity index (χ4v) is 0.227. The fourth-order valence-electron chi connectivity index (χ4n) is 0.227. The van der Waals surface area contributed by atoms with Gasteiger partial charge in [-0.3, -0.25) is 4.79 Å². The van der Waals surface area contributed by atoms with Crippen LogP contribution in [0.1, 0.15) is 20.8 Å². The van der Waals surface area contributed by atoms with Gasteiger partial charge in [-0.15, -0.1) is 0 Å². The van der Waals surface area contributed by atoms with Crippen LogP contribution in [0.2, 0.25) is 0 Å². The maximum atomic E-state index is 10.3. The summed E-state index contributed by atoms with van der Waals surface area (Å²) in [5, 5.41) is 16.0. The predicted molar refractivity (Wildman–Crippen MR) is 41.2 cm³/mol. The predicted octanol–water partition coefficient (Wildman–Crippen LogP) is -0.545. The Hall–Kier alpha value is -0.940. The zero-order chi connectivity index (χ0) is 10.1. The Morgan fingerprint density at radius 2 is 1.83 bits per heavy atom. The largest absolute Gasteiger partial charge is 0.397 e. The molecule has 0 heterocycles. The van der Waals surface area contributed by atoms with Gasteiger partial charge in [-0.25, -0.2) is 4.79 Å². The van der Waals surface area contributed by atoms with Gasteiger partial charge in [0.15, 0.2) is 0 Å². The highest BCUT2D eigenvalue weighted by Gasteiger charge is 2.11. The molecule has 0 saturated carbocycles. The monoisotopic (exact) mass is 178 g/mol. The Bertz CT molecular complexity index is 141. The fraction of sp³-hybridized carbons (Fsp3) is 0.714. The summed E-state index contributed by atoms with van der Waals surface area (Å²) in [5.74, 6) is -1.62. The molecule has 1 atom stereocenters. The number of ether oxygens (including phenoxy) is 1. The molecule has 0 aliphatic heterocycles. The molecule has 0 aliphatic carbocycles. The van der Waals surface area contributed by atoms with E-state index >= 15 is 0 Å². The van der Waals surface area contributed by atoms with Gasteiger partial charge in [-0.05, 0) is 13.8 Å². The van der Waals surface area contributed by atoms with Gasteiger partial charge in [0.2, 0.25) is 0 Å². The Labute approximate surface area is 71.0 Å². The average Bonchev–Trinajstić information content (AvgIpc) is 1.87. The molecule has 0 saturated heterocycles. The lowest BCUT2D eigenvalue weighted by atomic mass is 10.4. The molecule has 1 unspecified atom stereocenters. The van der Waals surface area contributed by atoms with Gasteiger partial charge in [-0.2, -0.15) is 0 Å². The molecular weight excluding hydrogens is 164 g/mol. The second kappa shape index (κ2) is 8.16. The van der Waals surface area contributed by atoms with Crippen molar-refractivity contribution >= 4 is 11.9 Å². The van der Waals surface area contributed by atoms with Crippen molar-refractivity contribution in [3.05, 3.63) is 0 Å². The summed E-state index contributed by atoms with van der Waals surface area (Å²) >= 11 is 0. The topological polar surface area (TPSA) is 83.8 Å². The molecule has 12 heavy (non-hydrogen) atoms. The quantitative estimate of drug-likeness (QED) is 0.416. The average molecular weight is 178 g/mol. The third-order valence-electron chi connectivity index (χ3n) is 0.585. The number of aliphatic hydroxyl groups is 2. The molecule has 0 amide bonds. The second-order valence-electron chi connectivity index (χ2n) is 1.90. The molecule has 0 fully saturated rings. The highest BCUT2D eigenvalue weighted by atomic mass is 16.6. The van der Waals surface area contributed by atoms with E-state index in [4.69, 9.17) is 10.2 Å². The molecule has 0 aromatic rings. The van der Waals surface area contributed by atoms with E-state index in [1.807, 2.05) is 0 Å². The zero-order valence-electron chi connectivity index (χ0n) is 7.40. The molecule has 0 bridgehead atoms. The number of rotatable bonds is 1. The summed E-state index contributed by atoms with van der Waals surface area (Å²) in [5.41, 5.74) is 0. The molecule has 5 nitrogen and oxygen atoms in total. The second-order valence-corrected chi connectivity index (χ2v) is 1.90. The van der Waals surface area contributed by atoms with Crippen molar-refractivity contribution in [2.75, 3.05) is 6.61 Å². The minimum atomic E-state index is -1.23. The number of aliphatic hydroxyl groups excluding tert-OH is 2. The highest BCUT2D eigenvalue weighted by molar-refractivity contribution is 5.86. The molecule has 0 rings (SSSR count). The summed E-state index contributed by atoms with van der Waals surface area (Å²) < 4.78 is 3.98. The van der Waals surface area contributed by atoms with Gasteiger partial charge < -0.3 is 14.9 Å². The molecule has 0 aromatic carbocycles. The first-order chi connectivity index (χ1) is 5.45. The van der Waals surface area contributed by atoms with Gasteiger partial charge >= 0.3 is 11.9 Å². The number of carbonyl (C=O) groups excluding carboxylic acids is 2. The van der Waals surface area contributed by atoms with Crippen LogP contribution in [0, 0.1) is 0 Å². The Balaban J connectivity index is 0. The third-order valence-corrected chi connectivity index (χ3v) is 0.585. The highest BCUT2D eigenvalue weighted by Crippen LogP contribution is 1.85. The third kappa shape index (κ3) is 11.8. The summed E-state index contributed by atoms with van der Waals surface area (Å²) in [7, 11) is 0. The lowest BCUT2D eigenvalue weighted by Crippen LogP contribution is -2.21. The van der Waals surface area contributed by atoms with Crippen molar-refractivity contribution in [2.45, 2.75) is 26.9 Å². The van der Waals surface area contributed by atoms with Crippen LogP contribution in [0.15, 0.2) is 0 Å². The van der Waals surface area contributed by atoms with Crippen molar-refractivity contribution in [3.63, 3.8) is 0 Å². The van der Waals surface area contributed by atoms with Crippen LogP contribution in [-0.4, -0.2) is 34.9 Å². The minimum Gasteiger partial charge on any atom is -0.397 e. The summed E-state index contributed by atoms with van der Waals surface area (Å²) in [6.07, 6.45) is -1.23. The van der Waals surface area contributed by atoms with Crippen molar-refractivity contribution in [3.8, 4) is 0 Å². The first-order valence-electron chi connectivity index (χ1n) is 3.46. The van der Waals surface area contributed by atoms with E-state index in [0.717, 1.165) is 6.92 Å². The van der Waals surface area contributed by atoms with Gasteiger partial charge in [0.1, 0.15) is 6.10 Å². The number of carbonyl (C=O) groups is 2. The number of hydrogen-bond donors (Lipinski definition) is 2. The van der Waals surface area contributed by atoms with Crippen molar-refractivity contribution in [2.24, 2.45) is 0 Å². The van der Waals surface area contributed by atoms with Gasteiger partial charge in [0.25, 0.3) is 0 Å². The first kappa shape index (κ1) is 13.6. The lowest BCUT2D eigenvalue weighted by Gasteiger charge is -1.99. The molecule has 5 heteroatoms. The van der Waals surface area contributed by atoms with Crippen molar-refractivity contribution in [1.82, 2.24) is 0 Å². The van der Waals surface area contributed by atoms with E-state index in [2.05, 4.69) is 4.74 Å². The van der Waals surface area contributed by atoms with Gasteiger partial charge in [0, 0.05) is 13.5 Å². The van der Waals surface area contributed by atoms with E-state index in [9.17, 15) is 9.59 Å². The normalized spacial score (nSPS) is 10.8. The standard InChI is InChI=1S/C5H8O4.C2H6O/c1-3(6)5(8)9-4(2)7;1-2-3/h3,6H,1-2H3;3H,2H2,1H3. The van der Waals surface area contributed by atoms with E-state index in [-0.39, 0.29) is 6.61 Å². The van der Waals surface area contributed by atoms with Crippen LogP contribution in [0.3, 0.4) is 0 Å². The Morgan fingerprint density at radius 1 is 1.50 bits per heavy atom. The van der Waals surface area contributed by atoms with Crippen LogP contribution in [0.4, 0.5) is 0 Å². The van der Waals surface area contributed by atoms with Crippen LogP contribution in [0.25, 0.3) is 0 Å². The maximum absolute atomic E-state index is 10.3. The lowest BCUT2D eigenvalue weighted by molar-refractivity contribution is -0.163. The smallest absolute Gasteiger partial charge is 0.342 e. The molecule has 0 radical (unpaired) electrons. The zero-order valence-corrected chi connectivity index (χ0v) is 7.40. The molecule has 0 aliphatic rings. The number of esters is 2. The minimum absolute atomic E-state index is 0.250. The summed E-state index contributed by atoms with van der Waals surface area (Å²) in [6, 6.07) is 0. The van der Waals surface area contributed by atoms with E-state index in [1.54, 1.807) is 6.92 Å². The van der Waals surface area contributed by atoms with Crippen LogP contribution in [-0.2, 0) is 14.3 Å². The Morgan fingerprint density at radius 3 is 1.92 bits per heavy atom.